The highest BCUT2D eigenvalue weighted by Crippen LogP contribution is 2.33. The molecule has 110 valence electrons. The van der Waals surface area contributed by atoms with Crippen LogP contribution in [0.4, 0.5) is 4.39 Å². The number of carbonyl (C=O) groups is 1. The summed E-state index contributed by atoms with van der Waals surface area (Å²) in [6.07, 6.45) is 0. The average molecular weight is 290 g/mol. The van der Waals surface area contributed by atoms with Gasteiger partial charge in [-0.3, -0.25) is 4.79 Å². The molecule has 2 aromatic carbocycles. The van der Waals surface area contributed by atoms with E-state index in [1.165, 1.54) is 38.3 Å². The Labute approximate surface area is 121 Å². The number of carboxylic acid groups (broad SMARTS) is 1. The van der Waals surface area contributed by atoms with Gasteiger partial charge in [-0.05, 0) is 36.2 Å². The molecule has 0 spiro atoms. The molecule has 0 bridgehead atoms. The average Bonchev–Trinajstić information content (AvgIpc) is 2.46. The summed E-state index contributed by atoms with van der Waals surface area (Å²) in [6.45, 7) is 1.50. The topological polar surface area (TPSA) is 66.8 Å². The molecule has 0 radical (unpaired) electrons. The largest absolute Gasteiger partial charge is 0.504 e. The quantitative estimate of drug-likeness (QED) is 0.905. The molecule has 0 fully saturated rings. The zero-order valence-corrected chi connectivity index (χ0v) is 11.6. The number of hydrogen-bond acceptors (Lipinski definition) is 3. The molecular weight excluding hydrogens is 275 g/mol. The highest BCUT2D eigenvalue weighted by Gasteiger charge is 2.16. The van der Waals surface area contributed by atoms with Crippen molar-refractivity contribution in [2.24, 2.45) is 0 Å². The fourth-order valence-corrected chi connectivity index (χ4v) is 2.03. The van der Waals surface area contributed by atoms with Crippen molar-refractivity contribution >= 4 is 5.97 Å². The number of methoxy groups -OCH3 is 1. The van der Waals surface area contributed by atoms with Crippen LogP contribution >= 0.6 is 0 Å². The minimum absolute atomic E-state index is 0.0858. The molecule has 0 unspecified atom stereocenters. The minimum Gasteiger partial charge on any atom is -0.504 e. The third-order valence-corrected chi connectivity index (χ3v) is 3.35. The van der Waals surface area contributed by atoms with E-state index in [1.807, 2.05) is 0 Å². The van der Waals surface area contributed by atoms with Gasteiger partial charge in [-0.1, -0.05) is 18.2 Å². The van der Waals surface area contributed by atoms with Gasteiger partial charge in [0.15, 0.2) is 11.5 Å². The summed E-state index contributed by atoms with van der Waals surface area (Å²) in [6, 6.07) is 8.84. The van der Waals surface area contributed by atoms with Gasteiger partial charge in [-0.2, -0.15) is 0 Å². The summed E-state index contributed by atoms with van der Waals surface area (Å²) >= 11 is 0. The number of ether oxygens (including phenoxy) is 1. The molecule has 0 saturated heterocycles. The fraction of sp³-hybridized carbons (Fsp3) is 0.188. The summed E-state index contributed by atoms with van der Waals surface area (Å²) < 4.78 is 19.1. The number of carboxylic acids is 1. The van der Waals surface area contributed by atoms with Gasteiger partial charge in [0, 0.05) is 5.56 Å². The van der Waals surface area contributed by atoms with Gasteiger partial charge in [-0.15, -0.1) is 0 Å². The van der Waals surface area contributed by atoms with Crippen LogP contribution in [0.1, 0.15) is 18.4 Å². The van der Waals surface area contributed by atoms with E-state index < -0.39 is 17.7 Å². The molecule has 2 aromatic rings. The second kappa shape index (κ2) is 5.83. The van der Waals surface area contributed by atoms with E-state index in [0.29, 0.717) is 16.9 Å². The monoisotopic (exact) mass is 290 g/mol. The predicted octanol–water partition coefficient (Wildman–Crippen LogP) is 3.40. The maximum absolute atomic E-state index is 14.2. The summed E-state index contributed by atoms with van der Waals surface area (Å²) in [5.74, 6) is -2.11. The Balaban J connectivity index is 2.41. The van der Waals surface area contributed by atoms with Gasteiger partial charge in [0.25, 0.3) is 0 Å². The van der Waals surface area contributed by atoms with Crippen LogP contribution in [0.5, 0.6) is 11.5 Å². The van der Waals surface area contributed by atoms with Crippen LogP contribution in [0, 0.1) is 5.82 Å². The number of benzene rings is 2. The predicted molar refractivity (Wildman–Crippen MR) is 76.1 cm³/mol. The molecule has 2 rings (SSSR count). The Morgan fingerprint density at radius 1 is 1.24 bits per heavy atom. The zero-order chi connectivity index (χ0) is 15.6. The zero-order valence-electron chi connectivity index (χ0n) is 11.6. The van der Waals surface area contributed by atoms with E-state index in [1.54, 1.807) is 12.1 Å². The second-order valence-corrected chi connectivity index (χ2v) is 4.69. The third kappa shape index (κ3) is 2.97. The number of aromatic hydroxyl groups is 1. The Bertz CT molecular complexity index is 682. The molecule has 1 atom stereocenters. The number of phenolic OH excluding ortho intramolecular Hbond substituents is 1. The summed E-state index contributed by atoms with van der Waals surface area (Å²) in [7, 11) is 1.43. The van der Waals surface area contributed by atoms with Gasteiger partial charge in [-0.25, -0.2) is 4.39 Å². The van der Waals surface area contributed by atoms with Crippen LogP contribution in [-0.2, 0) is 4.79 Å². The number of hydrogen-bond donors (Lipinski definition) is 2. The maximum atomic E-state index is 14.2. The van der Waals surface area contributed by atoms with Crippen LogP contribution in [0.2, 0.25) is 0 Å². The molecule has 2 N–H and O–H groups in total. The molecule has 0 aliphatic heterocycles. The van der Waals surface area contributed by atoms with Crippen molar-refractivity contribution in [2.45, 2.75) is 12.8 Å². The molecule has 0 heterocycles. The smallest absolute Gasteiger partial charge is 0.310 e. The standard InChI is InChI=1S/C16H15FO4/c1-9(16(19)20)10-3-5-12(13(17)7-10)11-4-6-15(21-2)14(18)8-11/h3-9,18H,1-2H3,(H,19,20)/t9-/m0/s1. The lowest BCUT2D eigenvalue weighted by atomic mass is 9.97. The molecule has 0 aromatic heterocycles. The van der Waals surface area contributed by atoms with E-state index in [9.17, 15) is 14.3 Å². The number of rotatable bonds is 4. The Kier molecular flexibility index (Phi) is 4.12. The van der Waals surface area contributed by atoms with Crippen LogP contribution in [0.25, 0.3) is 11.1 Å². The van der Waals surface area contributed by atoms with Crippen LogP contribution in [0.3, 0.4) is 0 Å². The van der Waals surface area contributed by atoms with Gasteiger partial charge >= 0.3 is 5.97 Å². The first kappa shape index (κ1) is 14.8. The molecule has 0 amide bonds. The number of halogens is 1. The van der Waals surface area contributed by atoms with Gasteiger partial charge in [0.1, 0.15) is 5.82 Å². The molecule has 4 nitrogen and oxygen atoms in total. The van der Waals surface area contributed by atoms with Crippen LogP contribution in [0.15, 0.2) is 36.4 Å². The van der Waals surface area contributed by atoms with Crippen molar-refractivity contribution in [2.75, 3.05) is 7.11 Å². The minimum atomic E-state index is -1.01. The van der Waals surface area contributed by atoms with Crippen LogP contribution in [-0.4, -0.2) is 23.3 Å². The van der Waals surface area contributed by atoms with Crippen molar-refractivity contribution in [3.05, 3.63) is 47.8 Å². The van der Waals surface area contributed by atoms with Crippen molar-refractivity contribution in [3.8, 4) is 22.6 Å². The molecule has 0 aliphatic carbocycles. The first-order valence-corrected chi connectivity index (χ1v) is 6.33. The highest BCUT2D eigenvalue weighted by atomic mass is 19.1. The first-order chi connectivity index (χ1) is 9.93. The highest BCUT2D eigenvalue weighted by molar-refractivity contribution is 5.76. The summed E-state index contributed by atoms with van der Waals surface area (Å²) in [5.41, 5.74) is 1.16. The Morgan fingerprint density at radius 3 is 2.48 bits per heavy atom. The lowest BCUT2D eigenvalue weighted by Gasteiger charge is -2.11. The lowest BCUT2D eigenvalue weighted by molar-refractivity contribution is -0.138. The van der Waals surface area contributed by atoms with E-state index >= 15 is 0 Å². The lowest BCUT2D eigenvalue weighted by Crippen LogP contribution is -2.07. The summed E-state index contributed by atoms with van der Waals surface area (Å²) in [5, 5.41) is 18.7. The van der Waals surface area contributed by atoms with Gasteiger partial charge in [0.05, 0.1) is 13.0 Å². The number of phenols is 1. The molecule has 0 saturated carbocycles. The third-order valence-electron chi connectivity index (χ3n) is 3.35. The molecular formula is C16H15FO4. The Morgan fingerprint density at radius 2 is 1.95 bits per heavy atom. The van der Waals surface area contributed by atoms with Gasteiger partial charge < -0.3 is 14.9 Å². The molecule has 5 heteroatoms. The number of aliphatic carboxylic acids is 1. The van der Waals surface area contributed by atoms with Crippen molar-refractivity contribution in [3.63, 3.8) is 0 Å². The SMILES string of the molecule is COc1ccc(-c2ccc([C@H](C)C(=O)O)cc2F)cc1O. The second-order valence-electron chi connectivity index (χ2n) is 4.69. The van der Waals surface area contributed by atoms with Gasteiger partial charge in [0.2, 0.25) is 0 Å². The van der Waals surface area contributed by atoms with E-state index in [0.717, 1.165) is 0 Å². The van der Waals surface area contributed by atoms with E-state index in [4.69, 9.17) is 9.84 Å². The summed E-state index contributed by atoms with van der Waals surface area (Å²) in [4.78, 5) is 10.9. The van der Waals surface area contributed by atoms with E-state index in [-0.39, 0.29) is 11.3 Å². The van der Waals surface area contributed by atoms with Crippen molar-refractivity contribution in [1.29, 1.82) is 0 Å². The Hall–Kier alpha value is -2.56. The maximum Gasteiger partial charge on any atom is 0.310 e. The first-order valence-electron chi connectivity index (χ1n) is 6.33. The van der Waals surface area contributed by atoms with Crippen molar-refractivity contribution in [1.82, 2.24) is 0 Å². The van der Waals surface area contributed by atoms with E-state index in [2.05, 4.69) is 0 Å². The normalized spacial score (nSPS) is 12.0. The van der Waals surface area contributed by atoms with Crippen molar-refractivity contribution < 1.29 is 24.1 Å². The molecule has 21 heavy (non-hydrogen) atoms. The molecule has 0 aliphatic rings. The fourth-order valence-electron chi connectivity index (χ4n) is 2.03. The van der Waals surface area contributed by atoms with Crippen LogP contribution < -0.4 is 4.74 Å².